The van der Waals surface area contributed by atoms with Crippen LogP contribution in [0.25, 0.3) is 11.1 Å². The third-order valence-electron chi connectivity index (χ3n) is 10.7. The third-order valence-corrected chi connectivity index (χ3v) is 11.7. The molecule has 0 heterocycles. The molecule has 2 aromatic rings. The number of esters is 2. The van der Waals surface area contributed by atoms with Crippen LogP contribution in [0.1, 0.15) is 105 Å². The first-order valence-corrected chi connectivity index (χ1v) is 19.5. The van der Waals surface area contributed by atoms with E-state index in [9.17, 15) is 35.9 Å². The lowest BCUT2D eigenvalue weighted by Gasteiger charge is -2.37. The lowest BCUT2D eigenvalue weighted by molar-refractivity contribution is -0.164. The van der Waals surface area contributed by atoms with E-state index in [-0.39, 0.29) is 62.6 Å². The van der Waals surface area contributed by atoms with Crippen LogP contribution in [0.2, 0.25) is 0 Å². The molecule has 296 valence electrons. The van der Waals surface area contributed by atoms with Gasteiger partial charge in [0.25, 0.3) is 0 Å². The highest BCUT2D eigenvalue weighted by Crippen LogP contribution is 2.43. The molecule has 0 radical (unpaired) electrons. The molecular weight excluding hydrogens is 817 g/mol. The summed E-state index contributed by atoms with van der Waals surface area (Å²) in [7, 11) is 0. The molecule has 53 heavy (non-hydrogen) atoms. The molecule has 2 aromatic carbocycles. The van der Waals surface area contributed by atoms with Crippen molar-refractivity contribution in [1.29, 1.82) is 0 Å². The zero-order valence-electron chi connectivity index (χ0n) is 31.5. The average molecular weight is 869 g/mol. The predicted molar refractivity (Wildman–Crippen MR) is 197 cm³/mol. The van der Waals surface area contributed by atoms with Crippen LogP contribution in [0.3, 0.4) is 0 Å². The molecule has 6 nitrogen and oxygen atoms in total. The average Bonchev–Trinajstić information content (AvgIpc) is 3.05. The minimum absolute atomic E-state index is 0.0486. The summed E-state index contributed by atoms with van der Waals surface area (Å²) in [6, 6.07) is 3.77. The smallest absolute Gasteiger partial charge is 0.416 e. The van der Waals surface area contributed by atoms with E-state index >= 15 is 0 Å². The van der Waals surface area contributed by atoms with Crippen molar-refractivity contribution < 1.29 is 54.9 Å². The number of rotatable bonds is 11. The van der Waals surface area contributed by atoms with Crippen LogP contribution in [-0.2, 0) is 31.4 Å². The Kier molecular flexibility index (Phi) is 14.1. The van der Waals surface area contributed by atoms with Crippen LogP contribution < -0.4 is 9.47 Å². The van der Waals surface area contributed by atoms with Crippen molar-refractivity contribution in [2.75, 3.05) is 0 Å². The van der Waals surface area contributed by atoms with E-state index in [1.54, 1.807) is 0 Å². The van der Waals surface area contributed by atoms with E-state index in [0.29, 0.717) is 36.8 Å². The molecular formula is C40H51F6IO6. The molecule has 4 rings (SSSR count). The zero-order valence-corrected chi connectivity index (χ0v) is 33.7. The minimum atomic E-state index is -5.08. The van der Waals surface area contributed by atoms with Crippen molar-refractivity contribution >= 4 is 34.5 Å². The van der Waals surface area contributed by atoms with E-state index in [0.717, 1.165) is 25.7 Å². The number of benzene rings is 2. The molecule has 2 aliphatic carbocycles. The monoisotopic (exact) mass is 868 g/mol. The summed E-state index contributed by atoms with van der Waals surface area (Å²) < 4.78 is 107. The summed E-state index contributed by atoms with van der Waals surface area (Å²) >= 11 is 1.86. The van der Waals surface area contributed by atoms with Crippen LogP contribution in [0.5, 0.6) is 11.5 Å². The minimum Gasteiger partial charge on any atom is -0.478 e. The van der Waals surface area contributed by atoms with Gasteiger partial charge in [0.05, 0.1) is 14.7 Å². The van der Waals surface area contributed by atoms with Gasteiger partial charge >= 0.3 is 24.3 Å². The second kappa shape index (κ2) is 17.4. The van der Waals surface area contributed by atoms with Crippen LogP contribution in [0, 0.1) is 39.1 Å². The van der Waals surface area contributed by atoms with Crippen molar-refractivity contribution in [3.05, 3.63) is 45.0 Å². The van der Waals surface area contributed by atoms with Gasteiger partial charge in [0.1, 0.15) is 23.7 Å². The first kappa shape index (κ1) is 43.0. The van der Waals surface area contributed by atoms with Crippen molar-refractivity contribution in [2.45, 2.75) is 131 Å². The molecule has 0 saturated heterocycles. The number of hydrogen-bond donors (Lipinski definition) is 0. The molecule has 13 heteroatoms. The van der Waals surface area contributed by atoms with Crippen molar-refractivity contribution in [2.24, 2.45) is 35.5 Å². The van der Waals surface area contributed by atoms with E-state index in [4.69, 9.17) is 18.9 Å². The molecule has 2 fully saturated rings. The van der Waals surface area contributed by atoms with Gasteiger partial charge in [0, 0.05) is 0 Å². The molecule has 0 aromatic heterocycles. The largest absolute Gasteiger partial charge is 0.478 e. The Morgan fingerprint density at radius 1 is 0.623 bits per heavy atom. The highest BCUT2D eigenvalue weighted by atomic mass is 127. The lowest BCUT2D eigenvalue weighted by atomic mass is 9.75. The Labute approximate surface area is 322 Å². The van der Waals surface area contributed by atoms with Gasteiger partial charge in [-0.05, 0) is 139 Å². The van der Waals surface area contributed by atoms with Gasteiger partial charge in [-0.2, -0.15) is 26.3 Å². The summed E-state index contributed by atoms with van der Waals surface area (Å²) in [5.41, 5.74) is -3.53. The van der Waals surface area contributed by atoms with E-state index < -0.39 is 53.2 Å². The van der Waals surface area contributed by atoms with Gasteiger partial charge < -0.3 is 18.9 Å². The quantitative estimate of drug-likeness (QED) is 0.127. The fraction of sp³-hybridized carbons (Fsp3) is 0.650. The molecule has 0 amide bonds. The van der Waals surface area contributed by atoms with E-state index in [1.807, 2.05) is 22.6 Å². The number of halogens is 7. The van der Waals surface area contributed by atoms with Crippen molar-refractivity contribution in [3.8, 4) is 22.6 Å². The highest BCUT2D eigenvalue weighted by Gasteiger charge is 2.39. The fourth-order valence-corrected chi connectivity index (χ4v) is 8.07. The predicted octanol–water partition coefficient (Wildman–Crippen LogP) is 11.5. The number of alkyl halides is 6. The van der Waals surface area contributed by atoms with Crippen LogP contribution in [0.4, 0.5) is 26.3 Å². The maximum Gasteiger partial charge on any atom is 0.416 e. The van der Waals surface area contributed by atoms with Crippen molar-refractivity contribution in [3.63, 3.8) is 0 Å². The van der Waals surface area contributed by atoms with E-state index in [2.05, 4.69) is 41.5 Å². The normalized spacial score (nSPS) is 25.2. The Morgan fingerprint density at radius 2 is 0.981 bits per heavy atom. The maximum absolute atomic E-state index is 13.9. The van der Waals surface area contributed by atoms with Crippen LogP contribution in [-0.4, -0.2) is 36.4 Å². The van der Waals surface area contributed by atoms with Gasteiger partial charge in [-0.3, -0.25) is 0 Å². The fourth-order valence-electron chi connectivity index (χ4n) is 7.50. The Balaban J connectivity index is 1.70. The Hall–Kier alpha value is -2.71. The van der Waals surface area contributed by atoms with Gasteiger partial charge in [-0.15, -0.1) is 0 Å². The lowest BCUT2D eigenvalue weighted by Crippen LogP contribution is -2.39. The summed E-state index contributed by atoms with van der Waals surface area (Å²) in [4.78, 5) is 26.8. The number of ether oxygens (including phenoxy) is 4. The highest BCUT2D eigenvalue weighted by molar-refractivity contribution is 14.1. The summed E-state index contributed by atoms with van der Waals surface area (Å²) in [5, 5.41) is 0. The standard InChI is InChI=1S/C40H51F6IO6/c1-20(2)30-11-9-22(5)13-32(30)52-37(48)24(7)50-34-17-27(26-15-28(39(41,42)43)19-29(16-26)40(44,45)46)18-35(36(34)47)51-25(8)38(49)53-33-14-23(6)10-12-31(33)21(3)4/h15-25,30-33H,9-14H2,1-8H3/t22-,23-,24+,25+,30+,31+,32?,33?/m0/s1. The van der Waals surface area contributed by atoms with Gasteiger partial charge in [0.15, 0.2) is 12.2 Å². The Morgan fingerprint density at radius 3 is 1.32 bits per heavy atom. The molecule has 8 atom stereocenters. The second-order valence-electron chi connectivity index (χ2n) is 15.7. The summed E-state index contributed by atoms with van der Waals surface area (Å²) in [5.74, 6) is 0.162. The first-order valence-electron chi connectivity index (χ1n) is 18.4. The second-order valence-corrected chi connectivity index (χ2v) is 16.8. The first-order chi connectivity index (χ1) is 24.5. The van der Waals surface area contributed by atoms with Gasteiger partial charge in [-0.1, -0.05) is 54.4 Å². The molecule has 2 aliphatic rings. The number of hydrogen-bond acceptors (Lipinski definition) is 6. The molecule has 0 spiro atoms. The molecule has 2 unspecified atom stereocenters. The number of carbonyl (C=O) groups excluding carboxylic acids is 2. The van der Waals surface area contributed by atoms with Gasteiger partial charge in [-0.25, -0.2) is 9.59 Å². The summed E-state index contributed by atoms with van der Waals surface area (Å²) in [6.07, 6.45) is -8.00. The topological polar surface area (TPSA) is 71.1 Å². The van der Waals surface area contributed by atoms with Crippen LogP contribution in [0.15, 0.2) is 30.3 Å². The molecule has 0 bridgehead atoms. The van der Waals surface area contributed by atoms with Crippen LogP contribution >= 0.6 is 22.6 Å². The molecule has 0 N–H and O–H groups in total. The third kappa shape index (κ3) is 11.2. The maximum atomic E-state index is 13.9. The van der Waals surface area contributed by atoms with Gasteiger partial charge in [0.2, 0.25) is 0 Å². The SMILES string of the molecule is CC(C)[C@H]1CC[C@H](C)CC1OC(=O)[C@@H](C)Oc1cc(-c2cc(C(F)(F)F)cc(C(F)(F)F)c2)cc(O[C@H](C)C(=O)OC2C[C@@H](C)CC[C@@H]2C(C)C)c1I. The summed E-state index contributed by atoms with van der Waals surface area (Å²) in [6.45, 7) is 15.4. The Bertz CT molecular complexity index is 1480. The number of carbonyl (C=O) groups is 2. The zero-order chi connectivity index (χ0) is 39.6. The molecule has 2 saturated carbocycles. The van der Waals surface area contributed by atoms with E-state index in [1.165, 1.54) is 26.0 Å². The molecule has 0 aliphatic heterocycles. The van der Waals surface area contributed by atoms with Crippen molar-refractivity contribution in [1.82, 2.24) is 0 Å².